The Kier molecular flexibility index (Phi) is 6.14. The van der Waals surface area contributed by atoms with Crippen LogP contribution < -0.4 is 0 Å². The van der Waals surface area contributed by atoms with Gasteiger partial charge in [-0.15, -0.1) is 0 Å². The lowest BCUT2D eigenvalue weighted by atomic mass is 9.47. The predicted octanol–water partition coefficient (Wildman–Crippen LogP) is 6.46. The van der Waals surface area contributed by atoms with Crippen LogP contribution in [-0.4, -0.2) is 48.1 Å². The SMILES string of the molecule is CN(C)[C@@H]1CCCC[C@H]1N(C)Cc1cc(C(C)(C)C)cc(C23CC4C[C@H](C2)C[C@H](C4)C3)c1O. The van der Waals surface area contributed by atoms with E-state index < -0.39 is 0 Å². The molecule has 0 spiro atoms. The molecule has 0 radical (unpaired) electrons. The third kappa shape index (κ3) is 4.38. The first-order valence-electron chi connectivity index (χ1n) is 13.8. The van der Waals surface area contributed by atoms with E-state index in [1.54, 1.807) is 0 Å². The van der Waals surface area contributed by atoms with Crippen LogP contribution in [0.5, 0.6) is 5.75 Å². The van der Waals surface area contributed by atoms with E-state index in [1.165, 1.54) is 80.9 Å². The number of phenolic OH excluding ortho intramolecular Hbond substituents is 1. The number of hydrogen-bond acceptors (Lipinski definition) is 3. The highest BCUT2D eigenvalue weighted by molar-refractivity contribution is 5.50. The van der Waals surface area contributed by atoms with Crippen LogP contribution in [0.4, 0.5) is 0 Å². The van der Waals surface area contributed by atoms with Gasteiger partial charge in [-0.1, -0.05) is 45.7 Å². The van der Waals surface area contributed by atoms with Gasteiger partial charge >= 0.3 is 0 Å². The number of nitrogens with zero attached hydrogens (tertiary/aromatic N) is 2. The van der Waals surface area contributed by atoms with Gasteiger partial charge in [-0.05, 0) is 107 Å². The summed E-state index contributed by atoms with van der Waals surface area (Å²) in [6.45, 7) is 7.85. The Morgan fingerprint density at radius 2 is 1.42 bits per heavy atom. The van der Waals surface area contributed by atoms with Gasteiger partial charge in [0.2, 0.25) is 0 Å². The smallest absolute Gasteiger partial charge is 0.123 e. The second-order valence-electron chi connectivity index (χ2n) is 13.8. The van der Waals surface area contributed by atoms with Crippen LogP contribution in [0.25, 0.3) is 0 Å². The van der Waals surface area contributed by atoms with Crippen molar-refractivity contribution in [3.8, 4) is 5.75 Å². The fourth-order valence-electron chi connectivity index (χ4n) is 8.69. The molecule has 3 nitrogen and oxygen atoms in total. The minimum absolute atomic E-state index is 0.0923. The van der Waals surface area contributed by atoms with E-state index in [0.29, 0.717) is 17.8 Å². The van der Waals surface area contributed by atoms with Crippen LogP contribution in [0.3, 0.4) is 0 Å². The molecule has 3 heteroatoms. The van der Waals surface area contributed by atoms with Crippen LogP contribution >= 0.6 is 0 Å². The molecule has 0 aliphatic heterocycles. The molecule has 5 aliphatic carbocycles. The molecule has 0 aromatic heterocycles. The molecular weight excluding hydrogens is 404 g/mol. The Hall–Kier alpha value is -1.06. The van der Waals surface area contributed by atoms with Gasteiger partial charge in [-0.3, -0.25) is 4.90 Å². The first kappa shape index (κ1) is 23.7. The van der Waals surface area contributed by atoms with Crippen LogP contribution in [0, 0.1) is 17.8 Å². The van der Waals surface area contributed by atoms with Crippen LogP contribution in [0.15, 0.2) is 12.1 Å². The summed E-state index contributed by atoms with van der Waals surface area (Å²) in [5, 5.41) is 11.8. The highest BCUT2D eigenvalue weighted by Gasteiger charge is 2.52. The summed E-state index contributed by atoms with van der Waals surface area (Å²) in [5.74, 6) is 3.31. The maximum absolute atomic E-state index is 11.8. The Morgan fingerprint density at radius 3 is 1.94 bits per heavy atom. The third-order valence-corrected chi connectivity index (χ3v) is 10.0. The highest BCUT2D eigenvalue weighted by Crippen LogP contribution is 2.62. The van der Waals surface area contributed by atoms with Gasteiger partial charge in [-0.2, -0.15) is 0 Å². The monoisotopic (exact) mass is 452 g/mol. The highest BCUT2D eigenvalue weighted by atomic mass is 16.3. The summed E-state index contributed by atoms with van der Waals surface area (Å²) in [4.78, 5) is 4.97. The molecule has 5 fully saturated rings. The lowest BCUT2D eigenvalue weighted by molar-refractivity contribution is -0.00630. The van der Waals surface area contributed by atoms with E-state index in [0.717, 1.165) is 24.3 Å². The largest absolute Gasteiger partial charge is 0.507 e. The molecule has 1 N–H and O–H groups in total. The van der Waals surface area contributed by atoms with Crippen molar-refractivity contribution in [3.05, 3.63) is 28.8 Å². The molecule has 5 saturated carbocycles. The Labute approximate surface area is 202 Å². The molecular formula is C30H48N2O. The first-order valence-corrected chi connectivity index (χ1v) is 13.8. The first-order chi connectivity index (χ1) is 15.6. The summed E-state index contributed by atoms with van der Waals surface area (Å²) in [6.07, 6.45) is 13.5. The predicted molar refractivity (Wildman–Crippen MR) is 138 cm³/mol. The van der Waals surface area contributed by atoms with Gasteiger partial charge in [0.1, 0.15) is 5.75 Å². The topological polar surface area (TPSA) is 26.7 Å². The second kappa shape index (κ2) is 8.55. The molecule has 1 aromatic carbocycles. The third-order valence-electron chi connectivity index (χ3n) is 10.0. The van der Waals surface area contributed by atoms with Crippen LogP contribution in [0.1, 0.15) is 102 Å². The molecule has 4 bridgehead atoms. The number of likely N-dealkylation sites (N-methyl/N-ethyl adjacent to an activating group) is 2. The minimum atomic E-state index is 0.0923. The van der Waals surface area contributed by atoms with Crippen molar-refractivity contribution in [1.82, 2.24) is 9.80 Å². The molecule has 2 atom stereocenters. The van der Waals surface area contributed by atoms with Gasteiger partial charge in [0.15, 0.2) is 0 Å². The quantitative estimate of drug-likeness (QED) is 0.555. The number of aromatic hydroxyl groups is 1. The van der Waals surface area contributed by atoms with Crippen molar-refractivity contribution in [3.63, 3.8) is 0 Å². The zero-order chi connectivity index (χ0) is 23.5. The summed E-state index contributed by atoms with van der Waals surface area (Å²) < 4.78 is 0. The summed E-state index contributed by atoms with van der Waals surface area (Å²) in [7, 11) is 6.76. The van der Waals surface area contributed by atoms with Crippen molar-refractivity contribution >= 4 is 0 Å². The van der Waals surface area contributed by atoms with E-state index in [-0.39, 0.29) is 10.8 Å². The lowest BCUT2D eigenvalue weighted by Crippen LogP contribution is -2.49. The average Bonchev–Trinajstić information content (AvgIpc) is 2.73. The standard InChI is InChI=1S/C30H48N2O/c1-29(2,3)24-14-23(19-32(6)27-10-8-7-9-26(27)31(4)5)28(33)25(15-24)30-16-20-11-21(17-30)13-22(12-20)18-30/h14-15,20-22,26-27,33H,7-13,16-19H2,1-6H3/t20-,21-,22?,26-,27-,30?/m1/s1. The minimum Gasteiger partial charge on any atom is -0.507 e. The average molecular weight is 453 g/mol. The van der Waals surface area contributed by atoms with Crippen molar-refractivity contribution in [2.45, 2.75) is 114 Å². The number of phenols is 1. The maximum Gasteiger partial charge on any atom is 0.123 e. The Morgan fingerprint density at radius 1 is 0.879 bits per heavy atom. The van der Waals surface area contributed by atoms with E-state index in [1.807, 2.05) is 0 Å². The van der Waals surface area contributed by atoms with Gasteiger partial charge in [0.25, 0.3) is 0 Å². The van der Waals surface area contributed by atoms with Crippen molar-refractivity contribution in [2.75, 3.05) is 21.1 Å². The zero-order valence-electron chi connectivity index (χ0n) is 22.2. The molecule has 6 rings (SSSR count). The Balaban J connectivity index is 1.50. The van der Waals surface area contributed by atoms with Crippen LogP contribution in [0.2, 0.25) is 0 Å². The van der Waals surface area contributed by atoms with Crippen molar-refractivity contribution < 1.29 is 5.11 Å². The maximum atomic E-state index is 11.8. The molecule has 5 aliphatic rings. The fraction of sp³-hybridized carbons (Fsp3) is 0.800. The molecule has 0 unspecified atom stereocenters. The zero-order valence-corrected chi connectivity index (χ0v) is 22.2. The molecule has 1 aromatic rings. The molecule has 33 heavy (non-hydrogen) atoms. The molecule has 0 saturated heterocycles. The molecule has 184 valence electrons. The summed E-state index contributed by atoms with van der Waals surface area (Å²) in [6, 6.07) is 5.94. The van der Waals surface area contributed by atoms with Gasteiger partial charge in [0.05, 0.1) is 0 Å². The normalized spacial score (nSPS) is 36.2. The number of hydrogen-bond donors (Lipinski definition) is 1. The van der Waals surface area contributed by atoms with Gasteiger partial charge < -0.3 is 10.0 Å². The Bertz CT molecular complexity index is 831. The van der Waals surface area contributed by atoms with Gasteiger partial charge in [-0.25, -0.2) is 0 Å². The van der Waals surface area contributed by atoms with E-state index in [2.05, 4.69) is 63.8 Å². The summed E-state index contributed by atoms with van der Waals surface area (Å²) >= 11 is 0. The van der Waals surface area contributed by atoms with Crippen molar-refractivity contribution in [2.24, 2.45) is 17.8 Å². The number of rotatable bonds is 5. The van der Waals surface area contributed by atoms with E-state index >= 15 is 0 Å². The van der Waals surface area contributed by atoms with Gasteiger partial charge in [0, 0.05) is 29.8 Å². The summed E-state index contributed by atoms with van der Waals surface area (Å²) in [5.41, 5.74) is 4.20. The van der Waals surface area contributed by atoms with E-state index in [4.69, 9.17) is 0 Å². The molecule has 0 amide bonds. The molecule has 0 heterocycles. The lowest BCUT2D eigenvalue weighted by Gasteiger charge is -2.57. The second-order valence-corrected chi connectivity index (χ2v) is 13.8. The number of benzene rings is 1. The van der Waals surface area contributed by atoms with Crippen LogP contribution in [-0.2, 0) is 17.4 Å². The fourth-order valence-corrected chi connectivity index (χ4v) is 8.69. The van der Waals surface area contributed by atoms with E-state index in [9.17, 15) is 5.11 Å². The van der Waals surface area contributed by atoms with Crippen molar-refractivity contribution in [1.29, 1.82) is 0 Å².